The van der Waals surface area contributed by atoms with Crippen LogP contribution in [0.5, 0.6) is 0 Å². The molecule has 1 aliphatic heterocycles. The van der Waals surface area contributed by atoms with Crippen LogP contribution in [-0.2, 0) is 0 Å². The molecule has 1 aliphatic carbocycles. The van der Waals surface area contributed by atoms with Crippen LogP contribution in [0.1, 0.15) is 54.9 Å². The van der Waals surface area contributed by atoms with Crippen LogP contribution in [0.15, 0.2) is 23.0 Å². The number of hydrogen-bond donors (Lipinski definition) is 2. The Morgan fingerprint density at radius 2 is 2.00 bits per heavy atom. The molecule has 4 rings (SSSR count). The molecule has 7 heteroatoms. The number of aromatic amines is 1. The van der Waals surface area contributed by atoms with Gasteiger partial charge < -0.3 is 15.2 Å². The number of aromatic nitrogens is 2. The molecule has 1 aromatic carbocycles. The lowest BCUT2D eigenvalue weighted by Crippen LogP contribution is -2.42. The Labute approximate surface area is 165 Å². The van der Waals surface area contributed by atoms with Crippen molar-refractivity contribution in [3.05, 3.63) is 34.2 Å². The fraction of sp³-hybridized carbons (Fsp3) is 0.600. The SMILES string of the molecule is CNCC1CCCN(C(=O)c2ccc3c(c2)[nH]c(=O)n3C2CCCC2)C1.Cl. The molecule has 2 N–H and O–H groups in total. The maximum absolute atomic E-state index is 12.9. The standard InChI is InChI=1S/C20H28N4O2.ClH/c1-21-12-14-5-4-10-23(13-14)19(25)15-8-9-18-17(11-15)22-20(26)24(18)16-6-2-3-7-16;/h8-9,11,14,16,21H,2-7,10,12-13H2,1H3,(H,22,26);1H. The van der Waals surface area contributed by atoms with Gasteiger partial charge in [-0.2, -0.15) is 0 Å². The maximum atomic E-state index is 12.9. The van der Waals surface area contributed by atoms with Gasteiger partial charge in [-0.15, -0.1) is 12.4 Å². The number of nitrogens with zero attached hydrogens (tertiary/aromatic N) is 2. The summed E-state index contributed by atoms with van der Waals surface area (Å²) in [5.74, 6) is 0.590. The molecule has 1 aromatic heterocycles. The van der Waals surface area contributed by atoms with Gasteiger partial charge in [0, 0.05) is 24.7 Å². The number of rotatable bonds is 4. The Morgan fingerprint density at radius 3 is 2.74 bits per heavy atom. The summed E-state index contributed by atoms with van der Waals surface area (Å²) in [6.45, 7) is 2.56. The van der Waals surface area contributed by atoms with E-state index in [1.54, 1.807) is 0 Å². The van der Waals surface area contributed by atoms with Gasteiger partial charge in [0.15, 0.2) is 0 Å². The van der Waals surface area contributed by atoms with E-state index in [9.17, 15) is 9.59 Å². The molecule has 1 amide bonds. The second-order valence-electron chi connectivity index (χ2n) is 7.79. The second kappa shape index (κ2) is 8.48. The lowest BCUT2D eigenvalue weighted by molar-refractivity contribution is 0.0674. The van der Waals surface area contributed by atoms with Crippen LogP contribution in [0.3, 0.4) is 0 Å². The lowest BCUT2D eigenvalue weighted by Gasteiger charge is -2.32. The summed E-state index contributed by atoms with van der Waals surface area (Å²) in [6.07, 6.45) is 6.71. The van der Waals surface area contributed by atoms with E-state index < -0.39 is 0 Å². The minimum Gasteiger partial charge on any atom is -0.338 e. The third-order valence-electron chi connectivity index (χ3n) is 5.95. The first kappa shape index (κ1) is 20.0. The van der Waals surface area contributed by atoms with E-state index in [0.29, 0.717) is 17.5 Å². The van der Waals surface area contributed by atoms with Crippen LogP contribution in [0.25, 0.3) is 11.0 Å². The molecule has 1 saturated carbocycles. The lowest BCUT2D eigenvalue weighted by atomic mass is 9.97. The summed E-state index contributed by atoms with van der Waals surface area (Å²) >= 11 is 0. The highest BCUT2D eigenvalue weighted by Gasteiger charge is 2.25. The van der Waals surface area contributed by atoms with E-state index in [2.05, 4.69) is 10.3 Å². The second-order valence-corrected chi connectivity index (χ2v) is 7.79. The number of amides is 1. The van der Waals surface area contributed by atoms with Gasteiger partial charge in [-0.3, -0.25) is 9.36 Å². The van der Waals surface area contributed by atoms with Crippen LogP contribution >= 0.6 is 12.4 Å². The monoisotopic (exact) mass is 392 g/mol. The van der Waals surface area contributed by atoms with Gasteiger partial charge in [-0.05, 0) is 63.4 Å². The van der Waals surface area contributed by atoms with Crippen LogP contribution in [0.4, 0.5) is 0 Å². The van der Waals surface area contributed by atoms with Crippen molar-refractivity contribution in [3.63, 3.8) is 0 Å². The van der Waals surface area contributed by atoms with Crippen LogP contribution < -0.4 is 11.0 Å². The third kappa shape index (κ3) is 3.92. The molecular weight excluding hydrogens is 364 g/mol. The van der Waals surface area contributed by atoms with Crippen LogP contribution in [0.2, 0.25) is 0 Å². The number of carbonyl (C=O) groups is 1. The number of H-pyrrole nitrogens is 1. The summed E-state index contributed by atoms with van der Waals surface area (Å²) in [4.78, 5) is 30.3. The molecule has 0 radical (unpaired) electrons. The minimum absolute atomic E-state index is 0. The van der Waals surface area contributed by atoms with E-state index >= 15 is 0 Å². The Bertz CT molecular complexity index is 851. The average Bonchev–Trinajstić information content (AvgIpc) is 3.27. The molecule has 2 aliphatic rings. The van der Waals surface area contributed by atoms with Gasteiger partial charge in [0.1, 0.15) is 0 Å². The number of imidazole rings is 1. The summed E-state index contributed by atoms with van der Waals surface area (Å²) < 4.78 is 1.89. The van der Waals surface area contributed by atoms with Gasteiger partial charge in [0.2, 0.25) is 0 Å². The van der Waals surface area contributed by atoms with Gasteiger partial charge in [0.05, 0.1) is 11.0 Å². The number of carbonyl (C=O) groups excluding carboxylic acids is 1. The fourth-order valence-corrected chi connectivity index (χ4v) is 4.68. The first-order valence-electron chi connectivity index (χ1n) is 9.85. The van der Waals surface area contributed by atoms with E-state index in [1.165, 1.54) is 19.3 Å². The van der Waals surface area contributed by atoms with Gasteiger partial charge in [-0.1, -0.05) is 12.8 Å². The quantitative estimate of drug-likeness (QED) is 0.840. The highest BCUT2D eigenvalue weighted by Crippen LogP contribution is 2.31. The normalized spacial score (nSPS) is 20.8. The molecule has 0 spiro atoms. The summed E-state index contributed by atoms with van der Waals surface area (Å²) in [7, 11) is 1.96. The Hall–Kier alpha value is -1.79. The molecule has 2 fully saturated rings. The third-order valence-corrected chi connectivity index (χ3v) is 5.95. The van der Waals surface area contributed by atoms with Crippen molar-refractivity contribution >= 4 is 29.3 Å². The topological polar surface area (TPSA) is 70.1 Å². The molecular formula is C20H29ClN4O2. The Kier molecular flexibility index (Phi) is 6.27. The highest BCUT2D eigenvalue weighted by molar-refractivity contribution is 5.97. The van der Waals surface area contributed by atoms with Crippen molar-refractivity contribution in [2.45, 2.75) is 44.6 Å². The molecule has 148 valence electrons. The number of hydrogen-bond acceptors (Lipinski definition) is 3. The van der Waals surface area contributed by atoms with Gasteiger partial charge in [-0.25, -0.2) is 4.79 Å². The number of piperidine rings is 1. The summed E-state index contributed by atoms with van der Waals surface area (Å²) in [5.41, 5.74) is 2.31. The number of nitrogens with one attached hydrogen (secondary N) is 2. The van der Waals surface area contributed by atoms with Crippen LogP contribution in [-0.4, -0.2) is 47.0 Å². The zero-order valence-electron chi connectivity index (χ0n) is 15.9. The van der Waals surface area contributed by atoms with Crippen molar-refractivity contribution < 1.29 is 4.79 Å². The highest BCUT2D eigenvalue weighted by atomic mass is 35.5. The van der Waals surface area contributed by atoms with Crippen LogP contribution in [0, 0.1) is 5.92 Å². The molecule has 6 nitrogen and oxygen atoms in total. The first-order chi connectivity index (χ1) is 12.7. The summed E-state index contributed by atoms with van der Waals surface area (Å²) in [6, 6.07) is 5.97. The molecule has 1 atom stereocenters. The molecule has 27 heavy (non-hydrogen) atoms. The zero-order valence-corrected chi connectivity index (χ0v) is 16.7. The smallest absolute Gasteiger partial charge is 0.326 e. The van der Waals surface area contributed by atoms with Crippen molar-refractivity contribution in [3.8, 4) is 0 Å². The molecule has 0 bridgehead atoms. The predicted octanol–water partition coefficient (Wildman–Crippen LogP) is 2.94. The molecule has 1 saturated heterocycles. The van der Waals surface area contributed by atoms with Crippen molar-refractivity contribution in [2.75, 3.05) is 26.7 Å². The van der Waals surface area contributed by atoms with E-state index in [1.807, 2.05) is 34.7 Å². The molecule has 2 aromatic rings. The zero-order chi connectivity index (χ0) is 18.1. The van der Waals surface area contributed by atoms with Crippen molar-refractivity contribution in [1.29, 1.82) is 0 Å². The first-order valence-corrected chi connectivity index (χ1v) is 9.85. The fourth-order valence-electron chi connectivity index (χ4n) is 4.68. The van der Waals surface area contributed by atoms with E-state index in [4.69, 9.17) is 0 Å². The minimum atomic E-state index is -0.0523. The maximum Gasteiger partial charge on any atom is 0.326 e. The summed E-state index contributed by atoms with van der Waals surface area (Å²) in [5, 5.41) is 3.22. The number of likely N-dealkylation sites (tertiary alicyclic amines) is 1. The van der Waals surface area contributed by atoms with Gasteiger partial charge in [0.25, 0.3) is 5.91 Å². The van der Waals surface area contributed by atoms with E-state index in [0.717, 1.165) is 49.9 Å². The van der Waals surface area contributed by atoms with Gasteiger partial charge >= 0.3 is 5.69 Å². The number of benzene rings is 1. The largest absolute Gasteiger partial charge is 0.338 e. The predicted molar refractivity (Wildman–Crippen MR) is 110 cm³/mol. The van der Waals surface area contributed by atoms with E-state index in [-0.39, 0.29) is 24.0 Å². The average molecular weight is 393 g/mol. The van der Waals surface area contributed by atoms with Crippen molar-refractivity contribution in [1.82, 2.24) is 19.8 Å². The molecule has 2 heterocycles. The molecule has 1 unspecified atom stereocenters. The number of fused-ring (bicyclic) bond motifs is 1. The Balaban J connectivity index is 0.00000210. The number of halogens is 1. The van der Waals surface area contributed by atoms with Crippen molar-refractivity contribution in [2.24, 2.45) is 5.92 Å². The Morgan fingerprint density at radius 1 is 1.22 bits per heavy atom.